The van der Waals surface area contributed by atoms with Crippen LogP contribution in [0.1, 0.15) is 5.56 Å². The van der Waals surface area contributed by atoms with Gasteiger partial charge in [-0.3, -0.25) is 4.79 Å². The summed E-state index contributed by atoms with van der Waals surface area (Å²) in [6, 6.07) is 13.2. The molecule has 0 atom stereocenters. The number of halogens is 2. The number of carboxylic acid groups (broad SMARTS) is 1. The molecule has 0 aliphatic carbocycles. The number of aromatic nitrogens is 1. The Morgan fingerprint density at radius 2 is 2.05 bits per heavy atom. The van der Waals surface area contributed by atoms with Gasteiger partial charge in [0.25, 0.3) is 0 Å². The molecule has 3 rings (SSSR count). The van der Waals surface area contributed by atoms with E-state index < -0.39 is 5.97 Å². The summed E-state index contributed by atoms with van der Waals surface area (Å²) in [5.74, 6) is -0.862. The van der Waals surface area contributed by atoms with Crippen LogP contribution in [0.25, 0.3) is 22.2 Å². The number of benzene rings is 2. The summed E-state index contributed by atoms with van der Waals surface area (Å²) in [6.45, 7) is 0. The van der Waals surface area contributed by atoms with Crippen molar-refractivity contribution in [2.24, 2.45) is 0 Å². The molecule has 0 fully saturated rings. The molecule has 0 radical (unpaired) electrons. The van der Waals surface area contributed by atoms with Crippen molar-refractivity contribution in [2.75, 3.05) is 0 Å². The highest BCUT2D eigenvalue weighted by Crippen LogP contribution is 2.33. The highest BCUT2D eigenvalue weighted by molar-refractivity contribution is 9.10. The SMILES string of the molecule is O=C(O)Cc1c(-c2cccc(Cl)c2)[nH]c2ccc(Br)cc12. The Balaban J connectivity index is 2.28. The second-order valence-corrected chi connectivity index (χ2v) is 6.10. The predicted octanol–water partition coefficient (Wildman–Crippen LogP) is 4.88. The van der Waals surface area contributed by atoms with E-state index in [1.807, 2.05) is 36.4 Å². The van der Waals surface area contributed by atoms with Crippen LogP contribution in [-0.2, 0) is 11.2 Å². The third kappa shape index (κ3) is 2.82. The molecular weight excluding hydrogens is 354 g/mol. The lowest BCUT2D eigenvalue weighted by atomic mass is 10.0. The van der Waals surface area contributed by atoms with Crippen molar-refractivity contribution in [3.05, 3.63) is 57.5 Å². The summed E-state index contributed by atoms with van der Waals surface area (Å²) < 4.78 is 0.915. The summed E-state index contributed by atoms with van der Waals surface area (Å²) in [7, 11) is 0. The van der Waals surface area contributed by atoms with E-state index in [9.17, 15) is 9.90 Å². The van der Waals surface area contributed by atoms with Crippen molar-refractivity contribution in [3.8, 4) is 11.3 Å². The van der Waals surface area contributed by atoms with E-state index in [1.165, 1.54) is 0 Å². The van der Waals surface area contributed by atoms with Crippen LogP contribution in [0.5, 0.6) is 0 Å². The van der Waals surface area contributed by atoms with Gasteiger partial charge in [0.15, 0.2) is 0 Å². The number of carboxylic acids is 1. The van der Waals surface area contributed by atoms with Crippen LogP contribution in [-0.4, -0.2) is 16.1 Å². The lowest BCUT2D eigenvalue weighted by Crippen LogP contribution is -2.00. The number of hydrogen-bond donors (Lipinski definition) is 2. The summed E-state index contributed by atoms with van der Waals surface area (Å²) in [5.41, 5.74) is 3.35. The van der Waals surface area contributed by atoms with Gasteiger partial charge >= 0.3 is 5.97 Å². The van der Waals surface area contributed by atoms with Crippen molar-refractivity contribution < 1.29 is 9.90 Å². The summed E-state index contributed by atoms with van der Waals surface area (Å²) in [6.07, 6.45) is -0.0434. The van der Waals surface area contributed by atoms with Crippen molar-refractivity contribution in [3.63, 3.8) is 0 Å². The number of aliphatic carboxylic acids is 1. The molecule has 2 N–H and O–H groups in total. The van der Waals surface area contributed by atoms with Crippen LogP contribution < -0.4 is 0 Å². The molecule has 0 saturated carbocycles. The van der Waals surface area contributed by atoms with Crippen LogP contribution >= 0.6 is 27.5 Å². The topological polar surface area (TPSA) is 53.1 Å². The fourth-order valence-corrected chi connectivity index (χ4v) is 3.00. The number of H-pyrrole nitrogens is 1. The van der Waals surface area contributed by atoms with E-state index in [2.05, 4.69) is 20.9 Å². The number of fused-ring (bicyclic) bond motifs is 1. The molecule has 0 saturated heterocycles. The molecule has 0 bridgehead atoms. The van der Waals surface area contributed by atoms with Crippen molar-refractivity contribution >= 4 is 44.4 Å². The third-order valence-corrected chi connectivity index (χ3v) is 4.04. The van der Waals surface area contributed by atoms with Crippen LogP contribution in [0.4, 0.5) is 0 Å². The zero-order valence-corrected chi connectivity index (χ0v) is 13.2. The van der Waals surface area contributed by atoms with Gasteiger partial charge in [0.05, 0.1) is 12.1 Å². The van der Waals surface area contributed by atoms with Crippen LogP contribution in [0.3, 0.4) is 0 Å². The largest absolute Gasteiger partial charge is 0.481 e. The predicted molar refractivity (Wildman–Crippen MR) is 87.8 cm³/mol. The summed E-state index contributed by atoms with van der Waals surface area (Å²) in [5, 5.41) is 10.7. The van der Waals surface area contributed by atoms with E-state index >= 15 is 0 Å². The smallest absolute Gasteiger partial charge is 0.307 e. The molecule has 2 aromatic carbocycles. The highest BCUT2D eigenvalue weighted by atomic mass is 79.9. The summed E-state index contributed by atoms with van der Waals surface area (Å²) in [4.78, 5) is 14.5. The van der Waals surface area contributed by atoms with Gasteiger partial charge in [-0.2, -0.15) is 0 Å². The molecule has 0 unspecified atom stereocenters. The second kappa shape index (κ2) is 5.54. The average Bonchev–Trinajstić information content (AvgIpc) is 2.76. The van der Waals surface area contributed by atoms with Crippen molar-refractivity contribution in [2.45, 2.75) is 6.42 Å². The lowest BCUT2D eigenvalue weighted by molar-refractivity contribution is -0.136. The van der Waals surface area contributed by atoms with Crippen molar-refractivity contribution in [1.29, 1.82) is 0 Å². The van der Waals surface area contributed by atoms with Crippen LogP contribution in [0.2, 0.25) is 5.02 Å². The molecule has 3 aromatic rings. The Labute approximate surface area is 134 Å². The minimum Gasteiger partial charge on any atom is -0.481 e. The zero-order valence-electron chi connectivity index (χ0n) is 10.9. The van der Waals surface area contributed by atoms with Crippen LogP contribution in [0.15, 0.2) is 46.9 Å². The standard InChI is InChI=1S/C16H11BrClNO2/c17-10-4-5-14-12(7-10)13(8-15(20)21)16(19-14)9-2-1-3-11(18)6-9/h1-7,19H,8H2,(H,20,21). The van der Waals surface area contributed by atoms with E-state index in [0.29, 0.717) is 5.02 Å². The average molecular weight is 365 g/mol. The van der Waals surface area contributed by atoms with E-state index in [-0.39, 0.29) is 6.42 Å². The van der Waals surface area contributed by atoms with Crippen LogP contribution in [0, 0.1) is 0 Å². The van der Waals surface area contributed by atoms with E-state index in [4.69, 9.17) is 11.6 Å². The maximum absolute atomic E-state index is 11.2. The second-order valence-electron chi connectivity index (χ2n) is 4.75. The molecule has 5 heteroatoms. The Kier molecular flexibility index (Phi) is 3.74. The van der Waals surface area contributed by atoms with Gasteiger partial charge in [-0.05, 0) is 41.5 Å². The number of rotatable bonds is 3. The van der Waals surface area contributed by atoms with Gasteiger partial charge in [-0.15, -0.1) is 0 Å². The van der Waals surface area contributed by atoms with Gasteiger partial charge in [0.2, 0.25) is 0 Å². The first-order chi connectivity index (χ1) is 10.0. The molecule has 0 aliphatic rings. The first kappa shape index (κ1) is 14.2. The number of nitrogens with one attached hydrogen (secondary N) is 1. The fraction of sp³-hybridized carbons (Fsp3) is 0.0625. The molecular formula is C16H11BrClNO2. The number of hydrogen-bond acceptors (Lipinski definition) is 1. The molecule has 0 spiro atoms. The maximum Gasteiger partial charge on any atom is 0.307 e. The molecule has 3 nitrogen and oxygen atoms in total. The zero-order chi connectivity index (χ0) is 15.0. The van der Waals surface area contributed by atoms with Gasteiger partial charge in [0.1, 0.15) is 0 Å². The Bertz CT molecular complexity index is 841. The van der Waals surface area contributed by atoms with Crippen molar-refractivity contribution in [1.82, 2.24) is 4.98 Å². The Morgan fingerprint density at radius 3 is 2.76 bits per heavy atom. The first-order valence-electron chi connectivity index (χ1n) is 6.32. The minimum absolute atomic E-state index is 0.0434. The van der Waals surface area contributed by atoms with E-state index in [1.54, 1.807) is 6.07 Å². The van der Waals surface area contributed by atoms with E-state index in [0.717, 1.165) is 32.2 Å². The monoisotopic (exact) mass is 363 g/mol. The minimum atomic E-state index is -0.862. The highest BCUT2D eigenvalue weighted by Gasteiger charge is 2.16. The Morgan fingerprint density at radius 1 is 1.24 bits per heavy atom. The number of aromatic amines is 1. The summed E-state index contributed by atoms with van der Waals surface area (Å²) >= 11 is 9.47. The molecule has 1 aromatic heterocycles. The maximum atomic E-state index is 11.2. The molecule has 21 heavy (non-hydrogen) atoms. The van der Waals surface area contributed by atoms with Gasteiger partial charge in [0, 0.05) is 20.4 Å². The first-order valence-corrected chi connectivity index (χ1v) is 7.49. The van der Waals surface area contributed by atoms with Gasteiger partial charge in [-0.25, -0.2) is 0 Å². The quantitative estimate of drug-likeness (QED) is 0.696. The fourth-order valence-electron chi connectivity index (χ4n) is 2.45. The molecule has 0 aliphatic heterocycles. The lowest BCUT2D eigenvalue weighted by Gasteiger charge is -2.03. The Hall–Kier alpha value is -1.78. The van der Waals surface area contributed by atoms with Gasteiger partial charge in [-0.1, -0.05) is 39.7 Å². The molecule has 106 valence electrons. The molecule has 0 amide bonds. The molecule has 1 heterocycles. The normalized spacial score (nSPS) is 11.0. The number of carbonyl (C=O) groups is 1. The third-order valence-electron chi connectivity index (χ3n) is 3.31. The van der Waals surface area contributed by atoms with Gasteiger partial charge < -0.3 is 10.1 Å².